The van der Waals surface area contributed by atoms with Crippen LogP contribution >= 0.6 is 11.3 Å². The highest BCUT2D eigenvalue weighted by molar-refractivity contribution is 7.17. The molecule has 7 rings (SSSR count). The van der Waals surface area contributed by atoms with Crippen molar-refractivity contribution in [1.29, 1.82) is 0 Å². The number of aromatic nitrogens is 6. The zero-order valence-electron chi connectivity index (χ0n) is 21.7. The van der Waals surface area contributed by atoms with Gasteiger partial charge in [-0.2, -0.15) is 5.10 Å². The van der Waals surface area contributed by atoms with Crippen molar-refractivity contribution in [2.75, 3.05) is 5.32 Å². The third kappa shape index (κ3) is 4.36. The molecule has 0 bridgehead atoms. The van der Waals surface area contributed by atoms with Gasteiger partial charge in [-0.25, -0.2) is 9.97 Å². The molecule has 0 aromatic carbocycles. The minimum absolute atomic E-state index is 0.0560. The third-order valence-corrected chi connectivity index (χ3v) is 8.71. The summed E-state index contributed by atoms with van der Waals surface area (Å²) in [5.74, 6) is 0.201. The van der Waals surface area contributed by atoms with Crippen LogP contribution in [0.2, 0.25) is 0 Å². The lowest BCUT2D eigenvalue weighted by Gasteiger charge is -2.11. The fraction of sp³-hybridized carbons (Fsp3) is 0.200. The molecule has 1 amide bonds. The number of anilines is 1. The predicted octanol–water partition coefficient (Wildman–Crippen LogP) is 6.62. The summed E-state index contributed by atoms with van der Waals surface area (Å²) in [5.41, 5.74) is 6.36. The number of H-pyrrole nitrogens is 2. The van der Waals surface area contributed by atoms with Crippen molar-refractivity contribution >= 4 is 50.8 Å². The minimum Gasteiger partial charge on any atom is -0.338 e. The van der Waals surface area contributed by atoms with Crippen molar-refractivity contribution in [2.24, 2.45) is 5.92 Å². The van der Waals surface area contributed by atoms with Gasteiger partial charge in [0, 0.05) is 56.8 Å². The number of rotatable bonds is 6. The number of fused-ring (bicyclic) bond motifs is 2. The molecule has 0 atom stereocenters. The molecular weight excluding hydrogens is 522 g/mol. The summed E-state index contributed by atoms with van der Waals surface area (Å²) in [6, 6.07) is 11.8. The number of amides is 1. The van der Waals surface area contributed by atoms with Gasteiger partial charge in [0.15, 0.2) is 11.4 Å². The zero-order chi connectivity index (χ0) is 27.2. The summed E-state index contributed by atoms with van der Waals surface area (Å²) in [5, 5.41) is 12.4. The Hall–Kier alpha value is -4.70. The summed E-state index contributed by atoms with van der Waals surface area (Å²) in [7, 11) is 0. The van der Waals surface area contributed by atoms with Gasteiger partial charge in [-0.1, -0.05) is 12.8 Å². The number of nitrogens with one attached hydrogen (secondary N) is 3. The number of Topliss-reactive ketones (excluding diaryl/α,β-unsaturated/α-hetero) is 1. The maximum absolute atomic E-state index is 12.6. The lowest BCUT2D eigenvalue weighted by Crippen LogP contribution is -2.20. The highest BCUT2D eigenvalue weighted by Crippen LogP contribution is 2.37. The molecule has 3 N–H and O–H groups in total. The number of ketones is 1. The Morgan fingerprint density at radius 3 is 2.65 bits per heavy atom. The second-order valence-electron chi connectivity index (χ2n) is 10.2. The van der Waals surface area contributed by atoms with E-state index in [4.69, 9.17) is 0 Å². The van der Waals surface area contributed by atoms with Crippen molar-refractivity contribution in [3.8, 4) is 33.0 Å². The number of aromatic amines is 2. The zero-order valence-corrected chi connectivity index (χ0v) is 22.5. The Kier molecular flexibility index (Phi) is 5.96. The van der Waals surface area contributed by atoms with Gasteiger partial charge in [0.1, 0.15) is 5.65 Å². The molecule has 198 valence electrons. The van der Waals surface area contributed by atoms with Gasteiger partial charge in [0.25, 0.3) is 0 Å². The Labute approximate surface area is 233 Å². The Morgan fingerprint density at radius 1 is 0.975 bits per heavy atom. The maximum atomic E-state index is 12.6. The quantitative estimate of drug-likeness (QED) is 0.201. The van der Waals surface area contributed by atoms with E-state index in [0.29, 0.717) is 11.3 Å². The highest BCUT2D eigenvalue weighted by atomic mass is 32.1. The molecule has 1 fully saturated rings. The van der Waals surface area contributed by atoms with E-state index >= 15 is 0 Å². The van der Waals surface area contributed by atoms with Crippen LogP contribution in [0.4, 0.5) is 5.69 Å². The Balaban J connectivity index is 1.24. The van der Waals surface area contributed by atoms with Gasteiger partial charge in [0.2, 0.25) is 5.91 Å². The van der Waals surface area contributed by atoms with Crippen LogP contribution in [0.1, 0.15) is 42.3 Å². The number of carbonyl (C=O) groups excluding carboxylic acids is 2. The Bertz CT molecular complexity index is 1910. The van der Waals surface area contributed by atoms with Crippen LogP contribution in [-0.4, -0.2) is 41.8 Å². The van der Waals surface area contributed by atoms with E-state index in [1.54, 1.807) is 31.7 Å². The molecule has 6 aromatic heterocycles. The molecule has 40 heavy (non-hydrogen) atoms. The molecule has 0 spiro atoms. The largest absolute Gasteiger partial charge is 0.338 e. The molecular formula is C30H25N7O2S. The standard InChI is InChI=1S/C30H25N7O2S/c1-16(38)25-6-7-26(40-25)21-8-9-32-28-22(21)12-24(35-28)27-23-11-19(14-33-29(23)37-36-27)18-10-20(15-31-13-18)34-30(39)17-4-2-3-5-17/h6-15,17H,2-5H2,1H3,(H,32,35)(H,34,39)(H,33,36,37). The van der Waals surface area contributed by atoms with Crippen molar-refractivity contribution < 1.29 is 9.59 Å². The van der Waals surface area contributed by atoms with E-state index in [9.17, 15) is 9.59 Å². The van der Waals surface area contributed by atoms with Gasteiger partial charge in [-0.15, -0.1) is 11.3 Å². The van der Waals surface area contributed by atoms with Crippen LogP contribution in [0, 0.1) is 5.92 Å². The number of hydrogen-bond donors (Lipinski definition) is 3. The summed E-state index contributed by atoms with van der Waals surface area (Å²) in [6.07, 6.45) is 11.1. The average Bonchev–Trinajstić information content (AvgIpc) is 3.78. The number of nitrogens with zero attached hydrogens (tertiary/aromatic N) is 4. The first-order valence-corrected chi connectivity index (χ1v) is 14.0. The molecule has 10 heteroatoms. The number of hydrogen-bond acceptors (Lipinski definition) is 7. The monoisotopic (exact) mass is 547 g/mol. The molecule has 0 saturated heterocycles. The fourth-order valence-electron chi connectivity index (χ4n) is 5.41. The van der Waals surface area contributed by atoms with E-state index in [2.05, 4.69) is 35.5 Å². The molecule has 0 radical (unpaired) electrons. The molecule has 1 saturated carbocycles. The SMILES string of the molecule is CC(=O)c1ccc(-c2ccnc3[nH]c(-c4[nH]nc5ncc(-c6cncc(NC(=O)C7CCCC7)c6)cc45)cc23)s1. The van der Waals surface area contributed by atoms with Crippen LogP contribution in [0.5, 0.6) is 0 Å². The molecule has 1 aliphatic carbocycles. The average molecular weight is 548 g/mol. The number of pyridine rings is 3. The maximum Gasteiger partial charge on any atom is 0.227 e. The lowest BCUT2D eigenvalue weighted by molar-refractivity contribution is -0.119. The first-order chi connectivity index (χ1) is 19.5. The Morgan fingerprint density at radius 2 is 1.82 bits per heavy atom. The van der Waals surface area contributed by atoms with Crippen LogP contribution in [-0.2, 0) is 4.79 Å². The number of thiophene rings is 1. The topological polar surface area (TPSA) is 129 Å². The van der Waals surface area contributed by atoms with E-state index in [1.807, 2.05) is 36.4 Å². The number of carbonyl (C=O) groups is 2. The summed E-state index contributed by atoms with van der Waals surface area (Å²) in [4.78, 5) is 43.1. The molecule has 0 aliphatic heterocycles. The predicted molar refractivity (Wildman–Crippen MR) is 156 cm³/mol. The van der Waals surface area contributed by atoms with Crippen molar-refractivity contribution in [3.05, 3.63) is 66.1 Å². The van der Waals surface area contributed by atoms with Gasteiger partial charge in [-0.3, -0.25) is 19.7 Å². The molecule has 9 nitrogen and oxygen atoms in total. The highest BCUT2D eigenvalue weighted by Gasteiger charge is 2.23. The summed E-state index contributed by atoms with van der Waals surface area (Å²) in [6.45, 7) is 1.58. The molecule has 1 aliphatic rings. The lowest BCUT2D eigenvalue weighted by atomic mass is 10.1. The smallest absolute Gasteiger partial charge is 0.227 e. The van der Waals surface area contributed by atoms with Gasteiger partial charge in [0.05, 0.1) is 28.1 Å². The molecule has 0 unspecified atom stereocenters. The van der Waals surface area contributed by atoms with E-state index in [0.717, 1.165) is 79.9 Å². The molecule has 6 aromatic rings. The summed E-state index contributed by atoms with van der Waals surface area (Å²) >= 11 is 1.48. The van der Waals surface area contributed by atoms with Gasteiger partial charge < -0.3 is 10.3 Å². The normalized spacial score (nSPS) is 13.8. The van der Waals surface area contributed by atoms with Crippen LogP contribution < -0.4 is 5.32 Å². The second kappa shape index (κ2) is 9.80. The minimum atomic E-state index is 0.0560. The van der Waals surface area contributed by atoms with Crippen LogP contribution in [0.3, 0.4) is 0 Å². The van der Waals surface area contributed by atoms with Crippen LogP contribution in [0.25, 0.3) is 55.0 Å². The van der Waals surface area contributed by atoms with Gasteiger partial charge in [-0.05, 0) is 56.2 Å². The van der Waals surface area contributed by atoms with Crippen molar-refractivity contribution in [2.45, 2.75) is 32.6 Å². The van der Waals surface area contributed by atoms with Crippen molar-refractivity contribution in [3.63, 3.8) is 0 Å². The first-order valence-electron chi connectivity index (χ1n) is 13.2. The van der Waals surface area contributed by atoms with Crippen molar-refractivity contribution in [1.82, 2.24) is 30.1 Å². The fourth-order valence-corrected chi connectivity index (χ4v) is 6.35. The second-order valence-corrected chi connectivity index (χ2v) is 11.2. The van der Waals surface area contributed by atoms with Crippen LogP contribution in [0.15, 0.2) is 61.2 Å². The van der Waals surface area contributed by atoms with E-state index in [1.165, 1.54) is 11.3 Å². The summed E-state index contributed by atoms with van der Waals surface area (Å²) < 4.78 is 0. The van der Waals surface area contributed by atoms with Gasteiger partial charge >= 0.3 is 0 Å². The first kappa shape index (κ1) is 24.3. The van der Waals surface area contributed by atoms with E-state index in [-0.39, 0.29) is 17.6 Å². The third-order valence-electron chi connectivity index (χ3n) is 7.49. The molecule has 6 heterocycles. The van der Waals surface area contributed by atoms with E-state index < -0.39 is 0 Å².